The topological polar surface area (TPSA) is 49.8 Å². The van der Waals surface area contributed by atoms with E-state index in [2.05, 4.69) is 11.8 Å². The van der Waals surface area contributed by atoms with Crippen LogP contribution >= 0.6 is 0 Å². The molecule has 0 radical (unpaired) electrons. The number of benzene rings is 2. The maximum atomic E-state index is 12.5. The lowest BCUT2D eigenvalue weighted by molar-refractivity contribution is -0.134. The Labute approximate surface area is 148 Å². The van der Waals surface area contributed by atoms with E-state index in [1.165, 1.54) is 0 Å². The summed E-state index contributed by atoms with van der Waals surface area (Å²) >= 11 is 0. The van der Waals surface area contributed by atoms with Crippen LogP contribution < -0.4 is 0 Å². The van der Waals surface area contributed by atoms with Gasteiger partial charge < -0.3 is 14.7 Å². The first-order valence-corrected chi connectivity index (χ1v) is 8.42. The van der Waals surface area contributed by atoms with Gasteiger partial charge in [-0.25, -0.2) is 0 Å². The van der Waals surface area contributed by atoms with Crippen molar-refractivity contribution in [1.82, 2.24) is 4.90 Å². The van der Waals surface area contributed by atoms with Gasteiger partial charge in [0.05, 0.1) is 25.4 Å². The quantitative estimate of drug-likeness (QED) is 0.876. The number of nitrogens with zero attached hydrogens (tertiary/aromatic N) is 1. The molecular formula is C21H21NO3. The molecule has 1 aliphatic rings. The third-order valence-corrected chi connectivity index (χ3v) is 4.26. The standard InChI is InChI=1S/C21H21NO3/c23-20(18-9-5-2-6-10-18)15-19-16-25-14-13-22(19)21(24)12-11-17-7-3-1-4-8-17/h1-10,19-20,23H,13-16H2/t19-,20-/m0/s1. The number of morpholine rings is 1. The number of hydrogen-bond acceptors (Lipinski definition) is 3. The van der Waals surface area contributed by atoms with Gasteiger partial charge in [-0.2, -0.15) is 0 Å². The Morgan fingerprint density at radius 3 is 2.56 bits per heavy atom. The van der Waals surface area contributed by atoms with E-state index >= 15 is 0 Å². The number of aliphatic hydroxyl groups excluding tert-OH is 1. The molecule has 2 atom stereocenters. The summed E-state index contributed by atoms with van der Waals surface area (Å²) in [7, 11) is 0. The van der Waals surface area contributed by atoms with Gasteiger partial charge in [-0.3, -0.25) is 4.79 Å². The second-order valence-electron chi connectivity index (χ2n) is 6.01. The Hall–Kier alpha value is -2.61. The molecule has 0 aliphatic carbocycles. The molecule has 1 N–H and O–H groups in total. The minimum Gasteiger partial charge on any atom is -0.388 e. The van der Waals surface area contributed by atoms with Gasteiger partial charge in [0.25, 0.3) is 5.91 Å². The zero-order chi connectivity index (χ0) is 17.5. The van der Waals surface area contributed by atoms with E-state index in [9.17, 15) is 9.90 Å². The fourth-order valence-electron chi connectivity index (χ4n) is 2.91. The first-order valence-electron chi connectivity index (χ1n) is 8.42. The smallest absolute Gasteiger partial charge is 0.299 e. The summed E-state index contributed by atoms with van der Waals surface area (Å²) in [5.74, 6) is 5.39. The number of aliphatic hydroxyl groups is 1. The van der Waals surface area contributed by atoms with Gasteiger partial charge in [-0.15, -0.1) is 0 Å². The number of carbonyl (C=O) groups excluding carboxylic acids is 1. The van der Waals surface area contributed by atoms with Crippen LogP contribution in [0.3, 0.4) is 0 Å². The van der Waals surface area contributed by atoms with Crippen LogP contribution in [0.2, 0.25) is 0 Å². The first-order chi connectivity index (χ1) is 12.2. The van der Waals surface area contributed by atoms with Crippen LogP contribution in [-0.4, -0.2) is 41.7 Å². The Bertz CT molecular complexity index is 749. The van der Waals surface area contributed by atoms with Crippen molar-refractivity contribution in [2.75, 3.05) is 19.8 Å². The highest BCUT2D eigenvalue weighted by Gasteiger charge is 2.28. The number of amides is 1. The van der Waals surface area contributed by atoms with E-state index in [1.807, 2.05) is 60.7 Å². The van der Waals surface area contributed by atoms with Crippen LogP contribution in [0.25, 0.3) is 0 Å². The lowest BCUT2D eigenvalue weighted by Gasteiger charge is -2.35. The molecule has 4 nitrogen and oxygen atoms in total. The van der Waals surface area contributed by atoms with Crippen molar-refractivity contribution in [2.24, 2.45) is 0 Å². The molecule has 0 aromatic heterocycles. The molecule has 0 spiro atoms. The zero-order valence-electron chi connectivity index (χ0n) is 14.0. The second-order valence-corrected chi connectivity index (χ2v) is 6.01. The van der Waals surface area contributed by atoms with Crippen molar-refractivity contribution < 1.29 is 14.6 Å². The van der Waals surface area contributed by atoms with Crippen LogP contribution in [-0.2, 0) is 9.53 Å². The van der Waals surface area contributed by atoms with E-state index in [1.54, 1.807) is 4.90 Å². The maximum absolute atomic E-state index is 12.5. The fraction of sp³-hybridized carbons (Fsp3) is 0.286. The third kappa shape index (κ3) is 4.69. The molecule has 1 heterocycles. The fourth-order valence-corrected chi connectivity index (χ4v) is 2.91. The van der Waals surface area contributed by atoms with E-state index in [-0.39, 0.29) is 11.9 Å². The van der Waals surface area contributed by atoms with Crippen LogP contribution in [0.5, 0.6) is 0 Å². The number of hydrogen-bond donors (Lipinski definition) is 1. The predicted octanol–water partition coefficient (Wildman–Crippen LogP) is 2.39. The molecule has 1 fully saturated rings. The van der Waals surface area contributed by atoms with Crippen LogP contribution in [0, 0.1) is 11.8 Å². The van der Waals surface area contributed by atoms with Crippen molar-refractivity contribution in [3.63, 3.8) is 0 Å². The summed E-state index contributed by atoms with van der Waals surface area (Å²) in [4.78, 5) is 14.2. The van der Waals surface area contributed by atoms with Gasteiger partial charge in [-0.1, -0.05) is 54.5 Å². The summed E-state index contributed by atoms with van der Waals surface area (Å²) < 4.78 is 5.51. The molecule has 3 rings (SSSR count). The Morgan fingerprint density at radius 2 is 1.84 bits per heavy atom. The van der Waals surface area contributed by atoms with Gasteiger partial charge >= 0.3 is 0 Å². The minimum atomic E-state index is -0.634. The highest BCUT2D eigenvalue weighted by atomic mass is 16.5. The molecule has 0 unspecified atom stereocenters. The molecule has 1 amide bonds. The molecule has 1 aliphatic heterocycles. The molecule has 25 heavy (non-hydrogen) atoms. The largest absolute Gasteiger partial charge is 0.388 e. The molecule has 128 valence electrons. The average Bonchev–Trinajstić information content (AvgIpc) is 2.68. The van der Waals surface area contributed by atoms with Crippen molar-refractivity contribution >= 4 is 5.91 Å². The molecule has 4 heteroatoms. The lowest BCUT2D eigenvalue weighted by Crippen LogP contribution is -2.48. The SMILES string of the molecule is O=C(C#Cc1ccccc1)N1CCOC[C@@H]1C[C@H](O)c1ccccc1. The summed E-state index contributed by atoms with van der Waals surface area (Å²) in [5.41, 5.74) is 1.65. The highest BCUT2D eigenvalue weighted by Crippen LogP contribution is 2.22. The van der Waals surface area contributed by atoms with E-state index < -0.39 is 6.10 Å². The third-order valence-electron chi connectivity index (χ3n) is 4.26. The summed E-state index contributed by atoms with van der Waals surface area (Å²) in [6.45, 7) is 1.41. The Balaban J connectivity index is 1.68. The van der Waals surface area contributed by atoms with Gasteiger partial charge in [-0.05, 0) is 17.7 Å². The molecule has 1 saturated heterocycles. The number of carbonyl (C=O) groups is 1. The normalized spacial score (nSPS) is 18.1. The Morgan fingerprint density at radius 1 is 1.16 bits per heavy atom. The molecule has 2 aromatic carbocycles. The van der Waals surface area contributed by atoms with Gasteiger partial charge in [0.2, 0.25) is 0 Å². The van der Waals surface area contributed by atoms with Gasteiger partial charge in [0, 0.05) is 24.4 Å². The average molecular weight is 335 g/mol. The number of ether oxygens (including phenoxy) is 1. The van der Waals surface area contributed by atoms with Crippen molar-refractivity contribution in [2.45, 2.75) is 18.6 Å². The van der Waals surface area contributed by atoms with Crippen LogP contribution in [0.1, 0.15) is 23.7 Å². The van der Waals surface area contributed by atoms with Gasteiger partial charge in [0.15, 0.2) is 0 Å². The summed E-state index contributed by atoms with van der Waals surface area (Å²) in [6.07, 6.45) is -0.201. The van der Waals surface area contributed by atoms with Crippen molar-refractivity contribution in [1.29, 1.82) is 0 Å². The minimum absolute atomic E-state index is 0.179. The van der Waals surface area contributed by atoms with Crippen molar-refractivity contribution in [3.8, 4) is 11.8 Å². The first kappa shape index (κ1) is 17.2. The molecule has 0 bridgehead atoms. The lowest BCUT2D eigenvalue weighted by atomic mass is 10.0. The number of rotatable bonds is 3. The molecular weight excluding hydrogens is 314 g/mol. The van der Waals surface area contributed by atoms with E-state index in [0.29, 0.717) is 26.2 Å². The predicted molar refractivity (Wildman–Crippen MR) is 95.7 cm³/mol. The molecule has 0 saturated carbocycles. The summed E-state index contributed by atoms with van der Waals surface area (Å²) in [5, 5.41) is 10.5. The zero-order valence-corrected chi connectivity index (χ0v) is 14.0. The second kappa shape index (κ2) is 8.48. The maximum Gasteiger partial charge on any atom is 0.299 e. The van der Waals surface area contributed by atoms with E-state index in [4.69, 9.17) is 4.74 Å². The summed E-state index contributed by atoms with van der Waals surface area (Å²) in [6, 6.07) is 18.7. The van der Waals surface area contributed by atoms with E-state index in [0.717, 1.165) is 11.1 Å². The van der Waals surface area contributed by atoms with Crippen LogP contribution in [0.15, 0.2) is 60.7 Å². The van der Waals surface area contributed by atoms with Crippen LogP contribution in [0.4, 0.5) is 0 Å². The monoisotopic (exact) mass is 335 g/mol. The molecule has 2 aromatic rings. The Kier molecular flexibility index (Phi) is 5.84. The van der Waals surface area contributed by atoms with Gasteiger partial charge in [0.1, 0.15) is 0 Å². The highest BCUT2D eigenvalue weighted by molar-refractivity contribution is 5.94. The van der Waals surface area contributed by atoms with Crippen molar-refractivity contribution in [3.05, 3.63) is 71.8 Å².